The van der Waals surface area contributed by atoms with Crippen LogP contribution >= 0.6 is 0 Å². The summed E-state index contributed by atoms with van der Waals surface area (Å²) in [6.07, 6.45) is 0.593. The van der Waals surface area contributed by atoms with Gasteiger partial charge in [-0.1, -0.05) is 20.8 Å². The molecule has 0 saturated carbocycles. The van der Waals surface area contributed by atoms with E-state index >= 15 is 0 Å². The van der Waals surface area contributed by atoms with Crippen molar-refractivity contribution in [1.82, 2.24) is 5.32 Å². The molecule has 0 aromatic rings. The first-order valence-electron chi connectivity index (χ1n) is 4.06. The van der Waals surface area contributed by atoms with Crippen LogP contribution in [0.2, 0.25) is 0 Å². The lowest BCUT2D eigenvalue weighted by Gasteiger charge is -2.21. The Hall–Kier alpha value is -0.550. The molecule has 1 N–H and O–H groups in total. The molecule has 0 heterocycles. The van der Waals surface area contributed by atoms with Crippen molar-refractivity contribution in [2.24, 2.45) is 5.41 Å². The minimum Gasteiger partial charge on any atom is -0.313 e. The second kappa shape index (κ2) is 4.35. The second-order valence-corrected chi connectivity index (χ2v) is 4.20. The molecule has 2 heteroatoms. The van der Waals surface area contributed by atoms with E-state index in [2.05, 4.69) is 32.2 Å². The van der Waals surface area contributed by atoms with Crippen molar-refractivity contribution in [3.63, 3.8) is 0 Å². The van der Waals surface area contributed by atoms with Gasteiger partial charge in [0, 0.05) is 12.6 Å². The van der Waals surface area contributed by atoms with Gasteiger partial charge in [-0.25, -0.2) is 0 Å². The smallest absolute Gasteiger partial charge is 0.0638 e. The van der Waals surface area contributed by atoms with Crippen LogP contribution in [0.4, 0.5) is 0 Å². The van der Waals surface area contributed by atoms with Crippen LogP contribution in [-0.2, 0) is 0 Å². The highest BCUT2D eigenvalue weighted by Crippen LogP contribution is 2.10. The van der Waals surface area contributed by atoms with Crippen molar-refractivity contribution in [1.29, 1.82) is 5.26 Å². The van der Waals surface area contributed by atoms with Crippen LogP contribution in [-0.4, -0.2) is 12.6 Å². The van der Waals surface area contributed by atoms with Crippen LogP contribution in [0.3, 0.4) is 0 Å². The summed E-state index contributed by atoms with van der Waals surface area (Å²) in [6.45, 7) is 9.54. The van der Waals surface area contributed by atoms with Crippen LogP contribution in [0.5, 0.6) is 0 Å². The van der Waals surface area contributed by atoms with E-state index in [1.807, 2.05) is 6.92 Å². The van der Waals surface area contributed by atoms with E-state index in [4.69, 9.17) is 5.26 Å². The highest BCUT2D eigenvalue weighted by atomic mass is 14.9. The van der Waals surface area contributed by atoms with Gasteiger partial charge in [0.05, 0.1) is 12.5 Å². The Morgan fingerprint density at radius 1 is 1.45 bits per heavy atom. The van der Waals surface area contributed by atoms with Crippen molar-refractivity contribution in [3.05, 3.63) is 0 Å². The summed E-state index contributed by atoms with van der Waals surface area (Å²) >= 11 is 0. The maximum atomic E-state index is 8.38. The van der Waals surface area contributed by atoms with Gasteiger partial charge in [-0.15, -0.1) is 0 Å². The Morgan fingerprint density at radius 2 is 2.00 bits per heavy atom. The molecule has 0 saturated heterocycles. The molecule has 0 fully saturated rings. The van der Waals surface area contributed by atoms with E-state index in [0.29, 0.717) is 17.9 Å². The molecule has 0 rings (SSSR count). The molecule has 0 aliphatic heterocycles. The van der Waals surface area contributed by atoms with Gasteiger partial charge in [-0.05, 0) is 12.3 Å². The largest absolute Gasteiger partial charge is 0.313 e. The molecule has 0 aliphatic carbocycles. The number of nitriles is 1. The van der Waals surface area contributed by atoms with Gasteiger partial charge in [0.2, 0.25) is 0 Å². The predicted molar refractivity (Wildman–Crippen MR) is 47.1 cm³/mol. The Labute approximate surface area is 69.6 Å². The highest BCUT2D eigenvalue weighted by molar-refractivity contribution is 4.78. The molecule has 0 amide bonds. The average Bonchev–Trinajstić information content (AvgIpc) is 1.83. The zero-order valence-corrected chi connectivity index (χ0v) is 7.94. The maximum Gasteiger partial charge on any atom is 0.0638 e. The van der Waals surface area contributed by atoms with Crippen molar-refractivity contribution in [3.8, 4) is 6.07 Å². The number of rotatable bonds is 3. The number of hydrogen-bond acceptors (Lipinski definition) is 2. The molecule has 11 heavy (non-hydrogen) atoms. The summed E-state index contributed by atoms with van der Waals surface area (Å²) in [5, 5.41) is 11.7. The third-order valence-corrected chi connectivity index (χ3v) is 1.38. The van der Waals surface area contributed by atoms with Crippen LogP contribution in [0.25, 0.3) is 0 Å². The molecule has 0 spiro atoms. The van der Waals surface area contributed by atoms with Crippen LogP contribution in [0.1, 0.15) is 34.1 Å². The highest BCUT2D eigenvalue weighted by Gasteiger charge is 2.10. The lowest BCUT2D eigenvalue weighted by atomic mass is 9.96. The Balaban J connectivity index is 3.48. The monoisotopic (exact) mass is 154 g/mol. The lowest BCUT2D eigenvalue weighted by Crippen LogP contribution is -2.33. The Morgan fingerprint density at radius 3 is 2.36 bits per heavy atom. The minimum atomic E-state index is 0.309. The van der Waals surface area contributed by atoms with E-state index in [9.17, 15) is 0 Å². The summed E-state index contributed by atoms with van der Waals surface area (Å²) in [7, 11) is 0. The first-order valence-corrected chi connectivity index (χ1v) is 4.06. The number of nitrogens with one attached hydrogen (secondary N) is 1. The van der Waals surface area contributed by atoms with Crippen molar-refractivity contribution >= 4 is 0 Å². The van der Waals surface area contributed by atoms with E-state index in [-0.39, 0.29) is 0 Å². The van der Waals surface area contributed by atoms with Gasteiger partial charge in [0.15, 0.2) is 0 Å². The fraction of sp³-hybridized carbons (Fsp3) is 0.889. The topological polar surface area (TPSA) is 35.8 Å². The van der Waals surface area contributed by atoms with Gasteiger partial charge in [0.1, 0.15) is 0 Å². The molecule has 0 aliphatic rings. The standard InChI is InChI=1S/C9H18N2/c1-8(5-6-10)11-7-9(2,3)4/h8,11H,5,7H2,1-4H3. The molecule has 0 radical (unpaired) electrons. The van der Waals surface area contributed by atoms with Gasteiger partial charge >= 0.3 is 0 Å². The molecule has 1 atom stereocenters. The molecule has 2 nitrogen and oxygen atoms in total. The fourth-order valence-electron chi connectivity index (χ4n) is 0.690. The minimum absolute atomic E-state index is 0.309. The average molecular weight is 154 g/mol. The Kier molecular flexibility index (Phi) is 4.14. The predicted octanol–water partition coefficient (Wildman–Crippen LogP) is 1.92. The summed E-state index contributed by atoms with van der Waals surface area (Å²) in [5.74, 6) is 0. The summed E-state index contributed by atoms with van der Waals surface area (Å²) < 4.78 is 0. The normalized spacial score (nSPS) is 14.1. The van der Waals surface area contributed by atoms with Crippen molar-refractivity contribution in [2.75, 3.05) is 6.54 Å². The molecule has 1 unspecified atom stereocenters. The molecule has 0 aromatic heterocycles. The third kappa shape index (κ3) is 7.35. The summed E-state index contributed by atoms with van der Waals surface area (Å²) in [6, 6.07) is 2.46. The molecular weight excluding hydrogens is 136 g/mol. The SMILES string of the molecule is CC(CC#N)NCC(C)(C)C. The zero-order valence-electron chi connectivity index (χ0n) is 7.94. The van der Waals surface area contributed by atoms with E-state index in [1.165, 1.54) is 0 Å². The quantitative estimate of drug-likeness (QED) is 0.674. The van der Waals surface area contributed by atoms with Crippen molar-refractivity contribution < 1.29 is 0 Å². The third-order valence-electron chi connectivity index (χ3n) is 1.38. The van der Waals surface area contributed by atoms with Gasteiger partial charge in [-0.2, -0.15) is 5.26 Å². The first kappa shape index (κ1) is 10.4. The zero-order chi connectivity index (χ0) is 8.91. The van der Waals surface area contributed by atoms with Crippen molar-refractivity contribution in [2.45, 2.75) is 40.2 Å². The maximum absolute atomic E-state index is 8.38. The van der Waals surface area contributed by atoms with Crippen LogP contribution < -0.4 is 5.32 Å². The Bertz CT molecular complexity index is 139. The molecule has 0 aromatic carbocycles. The molecule has 0 bridgehead atoms. The lowest BCUT2D eigenvalue weighted by molar-refractivity contribution is 0.358. The number of hydrogen-bond donors (Lipinski definition) is 1. The van der Waals surface area contributed by atoms with E-state index < -0.39 is 0 Å². The van der Waals surface area contributed by atoms with Gasteiger partial charge in [-0.3, -0.25) is 0 Å². The summed E-state index contributed by atoms with van der Waals surface area (Å²) in [4.78, 5) is 0. The first-order chi connectivity index (χ1) is 4.95. The summed E-state index contributed by atoms with van der Waals surface area (Å²) in [5.41, 5.74) is 0.309. The fourth-order valence-corrected chi connectivity index (χ4v) is 0.690. The van der Waals surface area contributed by atoms with E-state index in [1.54, 1.807) is 0 Å². The van der Waals surface area contributed by atoms with Crippen LogP contribution in [0, 0.1) is 16.7 Å². The molecular formula is C9H18N2. The molecule has 64 valence electrons. The van der Waals surface area contributed by atoms with Gasteiger partial charge < -0.3 is 5.32 Å². The number of nitrogens with zero attached hydrogens (tertiary/aromatic N) is 1. The van der Waals surface area contributed by atoms with Crippen LogP contribution in [0.15, 0.2) is 0 Å². The second-order valence-electron chi connectivity index (χ2n) is 4.20. The van der Waals surface area contributed by atoms with Gasteiger partial charge in [0.25, 0.3) is 0 Å². The van der Waals surface area contributed by atoms with E-state index in [0.717, 1.165) is 6.54 Å².